The zero-order chi connectivity index (χ0) is 17.6. The lowest BCUT2D eigenvalue weighted by molar-refractivity contribution is 0.808. The maximum absolute atomic E-state index is 5.98. The van der Waals surface area contributed by atoms with Gasteiger partial charge in [-0.25, -0.2) is 9.67 Å². The molecule has 0 radical (unpaired) electrons. The van der Waals surface area contributed by atoms with E-state index in [2.05, 4.69) is 47.7 Å². The van der Waals surface area contributed by atoms with E-state index in [0.29, 0.717) is 5.82 Å². The van der Waals surface area contributed by atoms with Gasteiger partial charge in [-0.05, 0) is 49.1 Å². The first-order valence-corrected chi connectivity index (χ1v) is 8.37. The average Bonchev–Trinajstić information content (AvgIpc) is 3.17. The van der Waals surface area contributed by atoms with Crippen molar-refractivity contribution in [2.24, 2.45) is 7.05 Å². The minimum absolute atomic E-state index is 0.466. The highest BCUT2D eigenvalue weighted by Gasteiger charge is 2.18. The number of aryl methyl sites for hydroxylation is 2. The lowest BCUT2D eigenvalue weighted by atomic mass is 9.93. The minimum atomic E-state index is 0.466. The lowest BCUT2D eigenvalue weighted by Gasteiger charge is -2.14. The fourth-order valence-electron chi connectivity index (χ4n) is 3.55. The Morgan fingerprint density at radius 3 is 2.92 bits per heavy atom. The Hall–Kier alpha value is -3.08. The topological polar surface area (TPSA) is 61.7 Å². The molecule has 25 heavy (non-hydrogen) atoms. The Kier molecular flexibility index (Phi) is 3.57. The number of hydrogen-bond donors (Lipinski definition) is 1. The van der Waals surface area contributed by atoms with Crippen molar-refractivity contribution in [1.29, 1.82) is 0 Å². The number of anilines is 1. The van der Waals surface area contributed by atoms with Crippen LogP contribution in [0.3, 0.4) is 0 Å². The van der Waals surface area contributed by atoms with E-state index in [1.54, 1.807) is 12.3 Å². The highest BCUT2D eigenvalue weighted by Crippen LogP contribution is 2.32. The van der Waals surface area contributed by atoms with E-state index in [-0.39, 0.29) is 0 Å². The summed E-state index contributed by atoms with van der Waals surface area (Å²) in [6, 6.07) is 4.09. The molecule has 0 saturated carbocycles. The molecule has 0 spiro atoms. The van der Waals surface area contributed by atoms with Crippen LogP contribution in [0.1, 0.15) is 34.5 Å². The summed E-state index contributed by atoms with van der Waals surface area (Å²) in [5, 5.41) is 4.71. The fraction of sp³-hybridized carbons (Fsp3) is 0.200. The van der Waals surface area contributed by atoms with Gasteiger partial charge in [0.15, 0.2) is 0 Å². The Morgan fingerprint density at radius 2 is 2.12 bits per heavy atom. The molecule has 0 atom stereocenters. The highest BCUT2D eigenvalue weighted by atomic mass is 15.3. The van der Waals surface area contributed by atoms with Gasteiger partial charge in [-0.2, -0.15) is 5.10 Å². The van der Waals surface area contributed by atoms with Crippen molar-refractivity contribution in [1.82, 2.24) is 19.3 Å². The summed E-state index contributed by atoms with van der Waals surface area (Å²) >= 11 is 0. The van der Waals surface area contributed by atoms with Crippen molar-refractivity contribution in [2.75, 3.05) is 5.73 Å². The zero-order valence-electron chi connectivity index (χ0n) is 14.5. The van der Waals surface area contributed by atoms with Crippen molar-refractivity contribution >= 4 is 23.5 Å². The molecule has 0 fully saturated rings. The Labute approximate surface area is 147 Å². The highest BCUT2D eigenvalue weighted by molar-refractivity contribution is 5.85. The summed E-state index contributed by atoms with van der Waals surface area (Å²) in [7, 11) is 2.10. The number of pyridine rings is 1. The summed E-state index contributed by atoms with van der Waals surface area (Å²) in [6.07, 6.45) is 12.0. The summed E-state index contributed by atoms with van der Waals surface area (Å²) in [5.41, 5.74) is 13.9. The molecule has 4 rings (SSSR count). The Balaban J connectivity index is 1.79. The number of aromatic nitrogens is 4. The predicted octanol–water partition coefficient (Wildman–Crippen LogP) is 3.63. The van der Waals surface area contributed by atoms with Gasteiger partial charge in [0, 0.05) is 42.5 Å². The lowest BCUT2D eigenvalue weighted by Crippen LogP contribution is -2.03. The van der Waals surface area contributed by atoms with E-state index >= 15 is 0 Å². The summed E-state index contributed by atoms with van der Waals surface area (Å²) < 4.78 is 4.08. The van der Waals surface area contributed by atoms with Gasteiger partial charge >= 0.3 is 0 Å². The summed E-state index contributed by atoms with van der Waals surface area (Å²) in [5.74, 6) is 0.466. The van der Waals surface area contributed by atoms with E-state index in [0.717, 1.165) is 29.8 Å². The van der Waals surface area contributed by atoms with E-state index in [1.807, 2.05) is 17.7 Å². The quantitative estimate of drug-likeness (QED) is 0.797. The SMILES string of the molecule is C=Cc1c(-n2cc(C3=Cc4ccn(C)c4CC3)c(C)n2)ccnc1N. The van der Waals surface area contributed by atoms with Gasteiger partial charge in [0.1, 0.15) is 5.82 Å². The second kappa shape index (κ2) is 5.77. The number of nitrogens with two attached hydrogens (primary N) is 1. The molecule has 5 heteroatoms. The van der Waals surface area contributed by atoms with Gasteiger partial charge in [0.2, 0.25) is 0 Å². The summed E-state index contributed by atoms with van der Waals surface area (Å²) in [6.45, 7) is 5.90. The smallest absolute Gasteiger partial charge is 0.132 e. The van der Waals surface area contributed by atoms with Crippen LogP contribution in [-0.2, 0) is 13.5 Å². The van der Waals surface area contributed by atoms with Crippen LogP contribution < -0.4 is 5.73 Å². The first-order valence-electron chi connectivity index (χ1n) is 8.37. The molecule has 0 aliphatic heterocycles. The van der Waals surface area contributed by atoms with Gasteiger partial charge in [-0.3, -0.25) is 0 Å². The second-order valence-corrected chi connectivity index (χ2v) is 6.40. The van der Waals surface area contributed by atoms with Crippen LogP contribution in [0.15, 0.2) is 37.3 Å². The van der Waals surface area contributed by atoms with E-state index in [4.69, 9.17) is 10.8 Å². The largest absolute Gasteiger partial charge is 0.383 e. The molecule has 126 valence electrons. The molecule has 1 aliphatic carbocycles. The van der Waals surface area contributed by atoms with E-state index in [1.165, 1.54) is 22.4 Å². The predicted molar refractivity (Wildman–Crippen MR) is 102 cm³/mol. The molecule has 0 unspecified atom stereocenters. The van der Waals surface area contributed by atoms with Crippen LogP contribution in [-0.4, -0.2) is 19.3 Å². The molecule has 5 nitrogen and oxygen atoms in total. The van der Waals surface area contributed by atoms with Crippen LogP contribution in [0.2, 0.25) is 0 Å². The third-order valence-electron chi connectivity index (χ3n) is 4.89. The first-order chi connectivity index (χ1) is 12.1. The van der Waals surface area contributed by atoms with Crippen LogP contribution in [0.4, 0.5) is 5.82 Å². The monoisotopic (exact) mass is 331 g/mol. The Morgan fingerprint density at radius 1 is 1.28 bits per heavy atom. The molecule has 0 aromatic carbocycles. The van der Waals surface area contributed by atoms with Crippen molar-refractivity contribution in [3.05, 3.63) is 65.4 Å². The normalized spacial score (nSPS) is 13.4. The molecular weight excluding hydrogens is 310 g/mol. The van der Waals surface area contributed by atoms with Gasteiger partial charge < -0.3 is 10.3 Å². The number of rotatable bonds is 3. The fourth-order valence-corrected chi connectivity index (χ4v) is 3.55. The van der Waals surface area contributed by atoms with Crippen molar-refractivity contribution in [3.63, 3.8) is 0 Å². The average molecular weight is 331 g/mol. The molecule has 3 aromatic heterocycles. The molecule has 3 aromatic rings. The van der Waals surface area contributed by atoms with E-state index in [9.17, 15) is 0 Å². The number of nitrogens with zero attached hydrogens (tertiary/aromatic N) is 4. The number of nitrogen functional groups attached to an aromatic ring is 1. The maximum Gasteiger partial charge on any atom is 0.132 e. The third kappa shape index (κ3) is 2.48. The maximum atomic E-state index is 5.98. The minimum Gasteiger partial charge on any atom is -0.383 e. The first kappa shape index (κ1) is 15.4. The number of allylic oxidation sites excluding steroid dienone is 1. The van der Waals surface area contributed by atoms with Crippen LogP contribution >= 0.6 is 0 Å². The van der Waals surface area contributed by atoms with Gasteiger partial charge in [-0.15, -0.1) is 0 Å². The molecule has 0 saturated heterocycles. The molecule has 0 bridgehead atoms. The van der Waals surface area contributed by atoms with Crippen LogP contribution in [0.25, 0.3) is 23.4 Å². The van der Waals surface area contributed by atoms with Crippen LogP contribution in [0, 0.1) is 6.92 Å². The summed E-state index contributed by atoms with van der Waals surface area (Å²) in [4.78, 5) is 4.13. The van der Waals surface area contributed by atoms with Gasteiger partial charge in [-0.1, -0.05) is 12.7 Å². The molecular formula is C20H21N5. The van der Waals surface area contributed by atoms with E-state index < -0.39 is 0 Å². The Bertz CT molecular complexity index is 1000. The molecule has 0 amide bonds. The second-order valence-electron chi connectivity index (χ2n) is 6.40. The van der Waals surface area contributed by atoms with Gasteiger partial charge in [0.05, 0.1) is 11.4 Å². The van der Waals surface area contributed by atoms with Crippen molar-refractivity contribution < 1.29 is 0 Å². The van der Waals surface area contributed by atoms with Gasteiger partial charge in [0.25, 0.3) is 0 Å². The molecule has 2 N–H and O–H groups in total. The van der Waals surface area contributed by atoms with Crippen molar-refractivity contribution in [2.45, 2.75) is 19.8 Å². The standard InChI is InChI=1S/C20H21N5/c1-4-16-19(7-9-22-20(16)21)25-12-17(13(2)23-25)14-5-6-18-15(11-14)8-10-24(18)3/h4,7-12H,1,5-6H2,2-3H3,(H2,21,22). The van der Waals surface area contributed by atoms with Crippen LogP contribution in [0.5, 0.6) is 0 Å². The van der Waals surface area contributed by atoms with Crippen molar-refractivity contribution in [3.8, 4) is 5.69 Å². The zero-order valence-corrected chi connectivity index (χ0v) is 14.5. The third-order valence-corrected chi connectivity index (χ3v) is 4.89. The molecule has 1 aliphatic rings. The number of hydrogen-bond acceptors (Lipinski definition) is 3. The molecule has 3 heterocycles. The number of fused-ring (bicyclic) bond motifs is 1.